The number of azide groups is 3. The van der Waals surface area contributed by atoms with E-state index in [0.717, 1.165) is 9.99 Å². The zero-order valence-corrected chi connectivity index (χ0v) is 40.3. The number of anilines is 2. The molecule has 0 aromatic carbocycles. The number of hydrogen-bond acceptors (Lipinski definition) is 16. The summed E-state index contributed by atoms with van der Waals surface area (Å²) in [6.45, 7) is 0. The first kappa shape index (κ1) is 52.4. The van der Waals surface area contributed by atoms with Crippen molar-refractivity contribution in [2.75, 3.05) is 10.8 Å². The van der Waals surface area contributed by atoms with Crippen LogP contribution in [0.15, 0.2) is 97.4 Å². The first-order valence-electron chi connectivity index (χ1n) is 13.0. The molecule has 6 rings (SSSR count). The maximum absolute atomic E-state index is 8.51. The van der Waals surface area contributed by atoms with Gasteiger partial charge >= 0.3 is 0 Å². The van der Waals surface area contributed by atoms with E-state index < -0.39 is 0 Å². The highest BCUT2D eigenvalue weighted by molar-refractivity contribution is 9.93. The predicted octanol–water partition coefficient (Wildman–Crippen LogP) is 14.1. The standard InChI is InChI=1S/C6H5BrN3OP.C5Br2N4O.C5HBrN4O.C5H3BrN2O.C5H2N4O.Br2.H2S/c7-3-1-11-5-4(3)8-2-9-6(5)10-12;6-3-4(10-11-9)2(1-8)12-5(3)7;6-3-2-11-4(1-7)5(3)9-10-8;6-3-2-9-4(1-7)5(3)8;6-3-5-4(8-9-7)1-2-10-5;1-2;/h1-2H,12H2,(H,8,9,10);;2H;2H,8H2;1-2H;;1H2. The van der Waals surface area contributed by atoms with E-state index in [1.54, 1.807) is 30.5 Å². The number of furan rings is 5. The van der Waals surface area contributed by atoms with Crippen LogP contribution in [0.3, 0.4) is 0 Å². The Morgan fingerprint density at radius 1 is 0.719 bits per heavy atom. The zero-order chi connectivity index (χ0) is 42.2. The van der Waals surface area contributed by atoms with E-state index in [9.17, 15) is 0 Å². The van der Waals surface area contributed by atoms with Crippen molar-refractivity contribution in [3.05, 3.63) is 114 Å². The minimum atomic E-state index is -0.0217. The molecule has 0 aliphatic rings. The number of aromatic nitrogens is 2. The lowest BCUT2D eigenvalue weighted by molar-refractivity contribution is 0.526. The molecule has 0 saturated heterocycles. The molecule has 22 nitrogen and oxygen atoms in total. The summed E-state index contributed by atoms with van der Waals surface area (Å²) in [7, 11) is 2.36. The minimum Gasteiger partial charge on any atom is -0.457 e. The van der Waals surface area contributed by atoms with Gasteiger partial charge in [-0.05, 0) is 112 Å². The number of rotatable bonds is 4. The quantitative estimate of drug-likeness (QED) is 0.0718. The lowest BCUT2D eigenvalue weighted by Crippen LogP contribution is -1.86. The molecule has 3 N–H and O–H groups in total. The van der Waals surface area contributed by atoms with Crippen LogP contribution >= 0.6 is 131 Å². The Balaban J connectivity index is 0.000000679. The molecule has 292 valence electrons. The molecular weight excluding hydrogens is 1250 g/mol. The summed E-state index contributed by atoms with van der Waals surface area (Å²) < 4.78 is 26.9. The van der Waals surface area contributed by atoms with Crippen molar-refractivity contribution in [1.29, 1.82) is 21.0 Å². The summed E-state index contributed by atoms with van der Waals surface area (Å²) in [4.78, 5) is 15.6. The third kappa shape index (κ3) is 15.7. The molecule has 6 aromatic heterocycles. The zero-order valence-electron chi connectivity index (χ0n) is 27.0. The molecule has 31 heteroatoms. The Morgan fingerprint density at radius 3 is 1.77 bits per heavy atom. The van der Waals surface area contributed by atoms with Crippen LogP contribution in [0, 0.1) is 45.3 Å². The van der Waals surface area contributed by atoms with Crippen LogP contribution in [0.2, 0.25) is 0 Å². The maximum atomic E-state index is 8.51. The third-order valence-electron chi connectivity index (χ3n) is 5.23. The summed E-state index contributed by atoms with van der Waals surface area (Å²) in [5.41, 5.74) is 31.9. The van der Waals surface area contributed by atoms with Crippen LogP contribution in [0.4, 0.5) is 28.6 Å². The second kappa shape index (κ2) is 28.7. The van der Waals surface area contributed by atoms with Crippen molar-refractivity contribution >= 4 is 170 Å². The Bertz CT molecular complexity index is 2580. The van der Waals surface area contributed by atoms with Crippen molar-refractivity contribution in [3.63, 3.8) is 0 Å². The lowest BCUT2D eigenvalue weighted by atomic mass is 10.4. The summed E-state index contributed by atoms with van der Waals surface area (Å²) in [5.74, 6) is 0.844. The fourth-order valence-corrected chi connectivity index (χ4v) is 4.90. The average Bonchev–Trinajstić information content (AvgIpc) is 4.05. The van der Waals surface area contributed by atoms with E-state index in [1.807, 2.05) is 0 Å². The SMILES string of the molecule is BrBr.N#Cc1oc(Br)c(Br)c1N=[N+]=[N-].N#Cc1occ(Br)c1N.N#Cc1occ(Br)c1N=[N+]=[N-].N#Cc1occc1N=[N+]=[N-].PNc1ncnc2c(Br)coc12.S. The molecule has 0 bridgehead atoms. The van der Waals surface area contributed by atoms with Gasteiger partial charge in [0.1, 0.15) is 72.0 Å². The summed E-state index contributed by atoms with van der Waals surface area (Å²) >= 11 is 21.1. The monoisotopic (exact) mass is 1260 g/mol. The van der Waals surface area contributed by atoms with Crippen molar-refractivity contribution in [2.45, 2.75) is 0 Å². The molecule has 6 heterocycles. The fourth-order valence-electron chi connectivity index (χ4n) is 3.00. The number of nitrogens with two attached hydrogens (primary N) is 1. The topological polar surface area (TPSA) is 371 Å². The Hall–Kier alpha value is -4.63. The van der Waals surface area contributed by atoms with Crippen LogP contribution in [0.5, 0.6) is 0 Å². The number of hydrogen-bond donors (Lipinski definition) is 2. The van der Waals surface area contributed by atoms with E-state index in [0.29, 0.717) is 35.2 Å². The third-order valence-corrected chi connectivity index (χ3v) is 9.07. The molecule has 0 radical (unpaired) electrons. The van der Waals surface area contributed by atoms with Crippen LogP contribution in [-0.2, 0) is 0 Å². The minimum absolute atomic E-state index is 0. The number of nitriles is 4. The fraction of sp³-hybridized carbons (Fsp3) is 0. The van der Waals surface area contributed by atoms with Gasteiger partial charge in [0.2, 0.25) is 23.0 Å². The van der Waals surface area contributed by atoms with Gasteiger partial charge in [-0.15, -0.1) is 0 Å². The van der Waals surface area contributed by atoms with E-state index in [-0.39, 0.29) is 53.6 Å². The van der Waals surface area contributed by atoms with Gasteiger partial charge < -0.3 is 32.9 Å². The van der Waals surface area contributed by atoms with Gasteiger partial charge in [-0.2, -0.15) is 34.5 Å². The van der Waals surface area contributed by atoms with E-state index in [1.165, 1.54) is 31.2 Å². The Morgan fingerprint density at radius 2 is 1.26 bits per heavy atom. The molecule has 57 heavy (non-hydrogen) atoms. The van der Waals surface area contributed by atoms with Crippen molar-refractivity contribution < 1.29 is 22.1 Å². The molecule has 0 amide bonds. The molecule has 0 spiro atoms. The first-order chi connectivity index (χ1) is 27.0. The van der Waals surface area contributed by atoms with Gasteiger partial charge in [0, 0.05) is 43.0 Å². The van der Waals surface area contributed by atoms with E-state index in [4.69, 9.17) is 61.0 Å². The van der Waals surface area contributed by atoms with Crippen LogP contribution < -0.4 is 10.8 Å². The Labute approximate surface area is 384 Å². The summed E-state index contributed by atoms with van der Waals surface area (Å²) in [5, 5.41) is 46.1. The number of nitrogen functional groups attached to an aromatic ring is 1. The van der Waals surface area contributed by atoms with Crippen molar-refractivity contribution in [3.8, 4) is 24.3 Å². The highest BCUT2D eigenvalue weighted by Gasteiger charge is 2.15. The molecule has 0 aliphatic heterocycles. The van der Waals surface area contributed by atoms with Gasteiger partial charge in [-0.1, -0.05) is 15.3 Å². The van der Waals surface area contributed by atoms with Gasteiger partial charge in [0.15, 0.2) is 16.1 Å². The highest BCUT2D eigenvalue weighted by Crippen LogP contribution is 2.38. The van der Waals surface area contributed by atoms with E-state index >= 15 is 0 Å². The molecule has 0 aliphatic carbocycles. The number of halogens is 7. The first-order valence-corrected chi connectivity index (χ1v) is 21.3. The number of fused-ring (bicyclic) bond motifs is 1. The van der Waals surface area contributed by atoms with Gasteiger partial charge in [0.25, 0.3) is 0 Å². The van der Waals surface area contributed by atoms with E-state index in [2.05, 4.69) is 167 Å². The van der Waals surface area contributed by atoms with Crippen molar-refractivity contribution in [2.24, 2.45) is 15.3 Å². The number of nitrogens with one attached hydrogen (secondary N) is 1. The number of nitrogens with zero attached hydrogens (tertiary/aromatic N) is 15. The smallest absolute Gasteiger partial charge is 0.227 e. The Kier molecular flexibility index (Phi) is 26.4. The maximum Gasteiger partial charge on any atom is 0.227 e. The predicted molar refractivity (Wildman–Crippen MR) is 236 cm³/mol. The van der Waals surface area contributed by atoms with Gasteiger partial charge in [0.05, 0.1) is 29.8 Å². The second-order valence-electron chi connectivity index (χ2n) is 8.23. The normalized spacial score (nSPS) is 8.56. The van der Waals surface area contributed by atoms with Crippen LogP contribution in [0.25, 0.3) is 42.4 Å². The molecule has 1 atom stereocenters. The summed E-state index contributed by atoms with van der Waals surface area (Å²) in [6.07, 6.45) is 7.04. The van der Waals surface area contributed by atoms with Crippen LogP contribution in [-0.4, -0.2) is 9.97 Å². The van der Waals surface area contributed by atoms with Gasteiger partial charge in [-0.25, -0.2) is 9.97 Å². The lowest BCUT2D eigenvalue weighted by Gasteiger charge is -1.96. The van der Waals surface area contributed by atoms with Crippen molar-refractivity contribution in [1.82, 2.24) is 9.97 Å². The average molecular weight is 1270 g/mol. The highest BCUT2D eigenvalue weighted by atomic mass is 80.9. The molecule has 0 fully saturated rings. The largest absolute Gasteiger partial charge is 0.457 e. The molecule has 1 unspecified atom stereocenters. The molecule has 6 aromatic rings. The second-order valence-corrected chi connectivity index (χ2v) is 12.6. The van der Waals surface area contributed by atoms with Crippen LogP contribution in [0.1, 0.15) is 23.0 Å². The summed E-state index contributed by atoms with van der Waals surface area (Å²) in [6, 6.07) is 8.44. The molecule has 0 saturated carbocycles. The van der Waals surface area contributed by atoms with Gasteiger partial charge in [-0.3, -0.25) is 0 Å². The molecular formula is C26H13Br7N17O5PS.